The molecule has 1 aromatic rings. The lowest BCUT2D eigenvalue weighted by atomic mass is 10.2. The van der Waals surface area contributed by atoms with Gasteiger partial charge in [0.05, 0.1) is 6.61 Å². The van der Waals surface area contributed by atoms with Crippen molar-refractivity contribution in [2.24, 2.45) is 0 Å². The summed E-state index contributed by atoms with van der Waals surface area (Å²) in [7, 11) is 0. The van der Waals surface area contributed by atoms with Crippen LogP contribution >= 0.6 is 0 Å². The predicted molar refractivity (Wildman–Crippen MR) is 69.6 cm³/mol. The number of hydrogen-bond donors (Lipinski definition) is 3. The fourth-order valence-electron chi connectivity index (χ4n) is 1.56. The number of nitrogens with zero attached hydrogens (tertiary/aromatic N) is 1. The third-order valence-corrected chi connectivity index (χ3v) is 2.66. The molecule has 0 heterocycles. The van der Waals surface area contributed by atoms with E-state index in [9.17, 15) is 9.59 Å². The Hall–Kier alpha value is -2.08. The molecule has 104 valence electrons. The zero-order valence-electron chi connectivity index (χ0n) is 10.7. The van der Waals surface area contributed by atoms with Crippen LogP contribution in [0.15, 0.2) is 30.3 Å². The van der Waals surface area contributed by atoms with Gasteiger partial charge in [-0.1, -0.05) is 30.3 Å². The molecule has 0 bridgehead atoms. The highest BCUT2D eigenvalue weighted by Crippen LogP contribution is 2.04. The van der Waals surface area contributed by atoms with E-state index in [0.29, 0.717) is 13.1 Å². The summed E-state index contributed by atoms with van der Waals surface area (Å²) in [6.07, 6.45) is 0. The highest BCUT2D eigenvalue weighted by molar-refractivity contribution is 5.82. The van der Waals surface area contributed by atoms with Crippen LogP contribution in [0.4, 0.5) is 4.79 Å². The Morgan fingerprint density at radius 2 is 1.95 bits per heavy atom. The van der Waals surface area contributed by atoms with Gasteiger partial charge in [-0.05, 0) is 12.5 Å². The number of carboxylic acids is 1. The third kappa shape index (κ3) is 4.59. The molecule has 1 atom stereocenters. The number of benzene rings is 1. The first-order valence-electron chi connectivity index (χ1n) is 6.01. The maximum absolute atomic E-state index is 11.9. The van der Waals surface area contributed by atoms with Crippen molar-refractivity contribution >= 4 is 12.0 Å². The van der Waals surface area contributed by atoms with Crippen LogP contribution in [0.1, 0.15) is 12.5 Å². The Bertz CT molecular complexity index is 422. The van der Waals surface area contributed by atoms with E-state index in [-0.39, 0.29) is 0 Å². The zero-order valence-corrected chi connectivity index (χ0v) is 10.7. The van der Waals surface area contributed by atoms with Crippen LogP contribution in [0.5, 0.6) is 0 Å². The summed E-state index contributed by atoms with van der Waals surface area (Å²) < 4.78 is 0. The monoisotopic (exact) mass is 266 g/mol. The lowest BCUT2D eigenvalue weighted by Crippen LogP contribution is -2.49. The van der Waals surface area contributed by atoms with Gasteiger partial charge in [0.1, 0.15) is 0 Å². The Morgan fingerprint density at radius 1 is 1.32 bits per heavy atom. The molecule has 0 saturated heterocycles. The topological polar surface area (TPSA) is 89.9 Å². The highest BCUT2D eigenvalue weighted by atomic mass is 16.4. The van der Waals surface area contributed by atoms with Gasteiger partial charge < -0.3 is 20.4 Å². The molecule has 0 aliphatic carbocycles. The number of aliphatic hydroxyl groups is 1. The molecule has 1 rings (SSSR count). The first-order valence-corrected chi connectivity index (χ1v) is 6.01. The van der Waals surface area contributed by atoms with Gasteiger partial charge in [0.2, 0.25) is 0 Å². The summed E-state index contributed by atoms with van der Waals surface area (Å²) in [5.74, 6) is -1.26. The summed E-state index contributed by atoms with van der Waals surface area (Å²) >= 11 is 0. The predicted octanol–water partition coefficient (Wildman–Crippen LogP) is 0.664. The Balaban J connectivity index is 2.64. The maximum atomic E-state index is 11.9. The number of urea groups is 1. The molecule has 0 saturated carbocycles. The SMILES string of the molecule is CCN(Cc1ccccc1)C(=O)N[C@@H](CO)C(=O)O. The van der Waals surface area contributed by atoms with Crippen molar-refractivity contribution < 1.29 is 19.8 Å². The van der Waals surface area contributed by atoms with E-state index in [1.54, 1.807) is 6.92 Å². The molecule has 0 fully saturated rings. The second kappa shape index (κ2) is 7.38. The van der Waals surface area contributed by atoms with Gasteiger partial charge in [-0.2, -0.15) is 0 Å². The minimum atomic E-state index is -1.28. The van der Waals surface area contributed by atoms with E-state index < -0.39 is 24.6 Å². The van der Waals surface area contributed by atoms with Crippen molar-refractivity contribution in [3.05, 3.63) is 35.9 Å². The minimum Gasteiger partial charge on any atom is -0.480 e. The van der Waals surface area contributed by atoms with Crippen molar-refractivity contribution in [1.82, 2.24) is 10.2 Å². The molecule has 0 aliphatic rings. The second-order valence-electron chi connectivity index (χ2n) is 4.02. The number of aliphatic hydroxyl groups excluding tert-OH is 1. The standard InChI is InChI=1S/C13H18N2O4/c1-2-15(8-10-6-4-3-5-7-10)13(19)14-11(9-16)12(17)18/h3-7,11,16H,2,8-9H2,1H3,(H,14,19)(H,17,18)/t11-/m0/s1. The van der Waals surface area contributed by atoms with Crippen molar-refractivity contribution in [3.63, 3.8) is 0 Å². The number of carbonyl (C=O) groups is 2. The molecule has 0 unspecified atom stereocenters. The molecule has 6 heteroatoms. The van der Waals surface area contributed by atoms with Crippen LogP contribution < -0.4 is 5.32 Å². The quantitative estimate of drug-likeness (QED) is 0.705. The largest absolute Gasteiger partial charge is 0.480 e. The molecule has 19 heavy (non-hydrogen) atoms. The fourth-order valence-corrected chi connectivity index (χ4v) is 1.56. The minimum absolute atomic E-state index is 0.390. The lowest BCUT2D eigenvalue weighted by Gasteiger charge is -2.23. The van der Waals surface area contributed by atoms with Crippen LogP contribution in [0.2, 0.25) is 0 Å². The molecule has 0 aliphatic heterocycles. The van der Waals surface area contributed by atoms with Crippen molar-refractivity contribution in [2.45, 2.75) is 19.5 Å². The van der Waals surface area contributed by atoms with E-state index in [1.807, 2.05) is 30.3 Å². The summed E-state index contributed by atoms with van der Waals surface area (Å²) in [5, 5.41) is 19.9. The van der Waals surface area contributed by atoms with E-state index >= 15 is 0 Å². The van der Waals surface area contributed by atoms with Crippen molar-refractivity contribution in [1.29, 1.82) is 0 Å². The summed E-state index contributed by atoms with van der Waals surface area (Å²) in [6.45, 7) is 2.00. The van der Waals surface area contributed by atoms with E-state index in [0.717, 1.165) is 5.56 Å². The molecule has 1 aromatic carbocycles. The average molecular weight is 266 g/mol. The van der Waals surface area contributed by atoms with Crippen molar-refractivity contribution in [2.75, 3.05) is 13.2 Å². The van der Waals surface area contributed by atoms with Gasteiger partial charge in [0.15, 0.2) is 6.04 Å². The number of carboxylic acid groups (broad SMARTS) is 1. The van der Waals surface area contributed by atoms with Gasteiger partial charge in [-0.15, -0.1) is 0 Å². The molecule has 0 aromatic heterocycles. The number of hydrogen-bond acceptors (Lipinski definition) is 3. The zero-order chi connectivity index (χ0) is 14.3. The van der Waals surface area contributed by atoms with Crippen LogP contribution in [0.25, 0.3) is 0 Å². The van der Waals surface area contributed by atoms with Gasteiger partial charge in [0, 0.05) is 13.1 Å². The van der Waals surface area contributed by atoms with E-state index in [2.05, 4.69) is 5.32 Å². The van der Waals surface area contributed by atoms with Crippen LogP contribution in [0.3, 0.4) is 0 Å². The first-order chi connectivity index (χ1) is 9.08. The Kier molecular flexibility index (Phi) is 5.81. The fraction of sp³-hybridized carbons (Fsp3) is 0.385. The molecular formula is C13H18N2O4. The first kappa shape index (κ1) is 15.0. The number of nitrogens with one attached hydrogen (secondary N) is 1. The number of carbonyl (C=O) groups excluding carboxylic acids is 1. The average Bonchev–Trinajstić information content (AvgIpc) is 2.42. The normalized spacial score (nSPS) is 11.7. The number of aliphatic carboxylic acids is 1. The van der Waals surface area contributed by atoms with Crippen molar-refractivity contribution in [3.8, 4) is 0 Å². The second-order valence-corrected chi connectivity index (χ2v) is 4.02. The highest BCUT2D eigenvalue weighted by Gasteiger charge is 2.21. The van der Waals surface area contributed by atoms with E-state index in [1.165, 1.54) is 4.90 Å². The molecular weight excluding hydrogens is 248 g/mol. The molecule has 2 amide bonds. The third-order valence-electron chi connectivity index (χ3n) is 2.66. The Morgan fingerprint density at radius 3 is 2.42 bits per heavy atom. The number of rotatable bonds is 6. The van der Waals surface area contributed by atoms with Crippen LogP contribution in [0, 0.1) is 0 Å². The van der Waals surface area contributed by atoms with Crippen LogP contribution in [-0.4, -0.2) is 46.3 Å². The molecule has 3 N–H and O–H groups in total. The Labute approximate surface area is 111 Å². The number of amides is 2. The van der Waals surface area contributed by atoms with Crippen LogP contribution in [-0.2, 0) is 11.3 Å². The molecule has 6 nitrogen and oxygen atoms in total. The van der Waals surface area contributed by atoms with E-state index in [4.69, 9.17) is 10.2 Å². The van der Waals surface area contributed by atoms with Gasteiger partial charge >= 0.3 is 12.0 Å². The van der Waals surface area contributed by atoms with Gasteiger partial charge in [-0.25, -0.2) is 9.59 Å². The maximum Gasteiger partial charge on any atom is 0.328 e. The van der Waals surface area contributed by atoms with Gasteiger partial charge in [0.25, 0.3) is 0 Å². The summed E-state index contributed by atoms with van der Waals surface area (Å²) in [4.78, 5) is 24.1. The summed E-state index contributed by atoms with van der Waals surface area (Å²) in [5.41, 5.74) is 0.954. The smallest absolute Gasteiger partial charge is 0.328 e. The molecule has 0 spiro atoms. The molecule has 0 radical (unpaired) electrons. The van der Waals surface area contributed by atoms with Gasteiger partial charge in [-0.3, -0.25) is 0 Å². The lowest BCUT2D eigenvalue weighted by molar-refractivity contribution is -0.140. The summed E-state index contributed by atoms with van der Waals surface area (Å²) in [6, 6.07) is 7.61.